The fourth-order valence-electron chi connectivity index (χ4n) is 1.85. The van der Waals surface area contributed by atoms with E-state index < -0.39 is 0 Å². The van der Waals surface area contributed by atoms with Gasteiger partial charge in [0.2, 0.25) is 0 Å². The van der Waals surface area contributed by atoms with Gasteiger partial charge in [0, 0.05) is 22.7 Å². The molecule has 2 rings (SSSR count). The van der Waals surface area contributed by atoms with E-state index in [1.165, 1.54) is 16.0 Å². The molecule has 0 atom stereocenters. The van der Waals surface area contributed by atoms with Crippen molar-refractivity contribution in [2.45, 2.75) is 31.7 Å². The molecular weight excluding hydrogens is 228 g/mol. The number of hydrogen-bond donors (Lipinski definition) is 0. The van der Waals surface area contributed by atoms with Gasteiger partial charge >= 0.3 is 0 Å². The first-order valence-corrected chi connectivity index (χ1v) is 7.05. The molecule has 1 aromatic heterocycles. The van der Waals surface area contributed by atoms with E-state index in [9.17, 15) is 0 Å². The lowest BCUT2D eigenvalue weighted by Crippen LogP contribution is -2.00. The lowest BCUT2D eigenvalue weighted by Gasteiger charge is -2.06. The molecule has 0 fully saturated rings. The highest BCUT2D eigenvalue weighted by Crippen LogP contribution is 2.31. The first kappa shape index (κ1) is 12.2. The summed E-state index contributed by atoms with van der Waals surface area (Å²) in [7, 11) is 0. The Bertz CT molecular complexity index is 515. The molecule has 0 saturated carbocycles. The Morgan fingerprint density at radius 2 is 1.94 bits per heavy atom. The van der Waals surface area contributed by atoms with Crippen LogP contribution in [0.15, 0.2) is 35.4 Å². The molecule has 2 aromatic rings. The molecule has 0 unspecified atom stereocenters. The van der Waals surface area contributed by atoms with Crippen molar-refractivity contribution in [2.24, 2.45) is 0 Å². The van der Waals surface area contributed by atoms with Crippen molar-refractivity contribution >= 4 is 11.8 Å². The molecule has 0 spiro atoms. The number of hydrogen-bond acceptors (Lipinski definition) is 2. The van der Waals surface area contributed by atoms with Gasteiger partial charge in [-0.3, -0.25) is 4.68 Å². The first-order valence-electron chi connectivity index (χ1n) is 5.82. The van der Waals surface area contributed by atoms with Gasteiger partial charge in [0.05, 0.1) is 5.69 Å². The number of rotatable bonds is 3. The second-order valence-corrected chi connectivity index (χ2v) is 5.28. The van der Waals surface area contributed by atoms with Crippen LogP contribution in [0.3, 0.4) is 0 Å². The van der Waals surface area contributed by atoms with Crippen molar-refractivity contribution in [3.05, 3.63) is 36.0 Å². The number of benzene rings is 1. The van der Waals surface area contributed by atoms with Crippen LogP contribution in [0.1, 0.15) is 25.5 Å². The predicted octanol–water partition coefficient (Wildman–Crippen LogP) is 4.16. The van der Waals surface area contributed by atoms with Gasteiger partial charge in [-0.15, -0.1) is 11.8 Å². The number of aryl methyl sites for hydroxylation is 1. The van der Waals surface area contributed by atoms with Gasteiger partial charge in [-0.1, -0.05) is 18.2 Å². The van der Waals surface area contributed by atoms with E-state index in [-0.39, 0.29) is 0 Å². The van der Waals surface area contributed by atoms with Gasteiger partial charge < -0.3 is 0 Å². The first-order chi connectivity index (χ1) is 8.13. The Balaban J connectivity index is 2.52. The molecule has 1 aromatic carbocycles. The molecule has 90 valence electrons. The van der Waals surface area contributed by atoms with E-state index in [0.717, 1.165) is 5.69 Å². The summed E-state index contributed by atoms with van der Waals surface area (Å²) in [5.41, 5.74) is 3.57. The Morgan fingerprint density at radius 1 is 1.24 bits per heavy atom. The number of aromatic nitrogens is 2. The summed E-state index contributed by atoms with van der Waals surface area (Å²) in [5.74, 6) is 0. The maximum Gasteiger partial charge on any atom is 0.0963 e. The van der Waals surface area contributed by atoms with Crippen LogP contribution in [0.5, 0.6) is 0 Å². The standard InChI is InChI=1S/C14H18N2S/c1-10(2)16-9-11(3)14(15-16)12-7-5-6-8-13(12)17-4/h5-10H,1-4H3. The summed E-state index contributed by atoms with van der Waals surface area (Å²) in [5, 5.41) is 4.69. The van der Waals surface area contributed by atoms with E-state index in [1.54, 1.807) is 11.8 Å². The molecule has 0 aliphatic heterocycles. The van der Waals surface area contributed by atoms with Crippen LogP contribution >= 0.6 is 11.8 Å². The monoisotopic (exact) mass is 246 g/mol. The SMILES string of the molecule is CSc1ccccc1-c1nn(C(C)C)cc1C. The Labute approximate surface area is 107 Å². The normalized spacial score (nSPS) is 11.1. The van der Waals surface area contributed by atoms with E-state index in [4.69, 9.17) is 5.10 Å². The fraction of sp³-hybridized carbons (Fsp3) is 0.357. The predicted molar refractivity (Wildman–Crippen MR) is 74.6 cm³/mol. The van der Waals surface area contributed by atoms with E-state index >= 15 is 0 Å². The smallest absolute Gasteiger partial charge is 0.0963 e. The second-order valence-electron chi connectivity index (χ2n) is 4.43. The van der Waals surface area contributed by atoms with Gasteiger partial charge in [0.15, 0.2) is 0 Å². The van der Waals surface area contributed by atoms with Crippen molar-refractivity contribution in [1.29, 1.82) is 0 Å². The lowest BCUT2D eigenvalue weighted by atomic mass is 10.1. The van der Waals surface area contributed by atoms with Crippen LogP contribution < -0.4 is 0 Å². The van der Waals surface area contributed by atoms with Crippen molar-refractivity contribution in [3.8, 4) is 11.3 Å². The number of thioether (sulfide) groups is 1. The topological polar surface area (TPSA) is 17.8 Å². The van der Waals surface area contributed by atoms with Crippen molar-refractivity contribution in [3.63, 3.8) is 0 Å². The largest absolute Gasteiger partial charge is 0.269 e. The highest BCUT2D eigenvalue weighted by Gasteiger charge is 2.12. The van der Waals surface area contributed by atoms with Crippen LogP contribution in [-0.2, 0) is 0 Å². The van der Waals surface area contributed by atoms with E-state index in [2.05, 4.69) is 57.5 Å². The molecule has 0 amide bonds. The highest BCUT2D eigenvalue weighted by atomic mass is 32.2. The van der Waals surface area contributed by atoms with Gasteiger partial charge in [0.1, 0.15) is 0 Å². The third kappa shape index (κ3) is 2.39. The molecule has 0 aliphatic rings. The minimum atomic E-state index is 0.406. The summed E-state index contributed by atoms with van der Waals surface area (Å²) < 4.78 is 2.03. The zero-order valence-corrected chi connectivity index (χ0v) is 11.6. The van der Waals surface area contributed by atoms with Gasteiger partial charge in [-0.2, -0.15) is 5.10 Å². The molecule has 0 radical (unpaired) electrons. The van der Waals surface area contributed by atoms with Crippen LogP contribution in [0.25, 0.3) is 11.3 Å². The van der Waals surface area contributed by atoms with Crippen LogP contribution in [-0.4, -0.2) is 16.0 Å². The summed E-state index contributed by atoms with van der Waals surface area (Å²) >= 11 is 1.77. The van der Waals surface area contributed by atoms with Crippen LogP contribution in [0.4, 0.5) is 0 Å². The van der Waals surface area contributed by atoms with E-state index in [0.29, 0.717) is 6.04 Å². The molecule has 3 heteroatoms. The molecule has 0 aliphatic carbocycles. The maximum atomic E-state index is 4.69. The molecule has 0 N–H and O–H groups in total. The molecule has 0 saturated heterocycles. The number of nitrogens with zero attached hydrogens (tertiary/aromatic N) is 2. The van der Waals surface area contributed by atoms with Crippen molar-refractivity contribution < 1.29 is 0 Å². The quantitative estimate of drug-likeness (QED) is 0.757. The summed E-state index contributed by atoms with van der Waals surface area (Å²) in [6, 6.07) is 8.84. The lowest BCUT2D eigenvalue weighted by molar-refractivity contribution is 0.533. The van der Waals surface area contributed by atoms with Crippen molar-refractivity contribution in [1.82, 2.24) is 9.78 Å². The Hall–Kier alpha value is -1.22. The average molecular weight is 246 g/mol. The van der Waals surface area contributed by atoms with Gasteiger partial charge in [-0.25, -0.2) is 0 Å². The van der Waals surface area contributed by atoms with Gasteiger partial charge in [0.25, 0.3) is 0 Å². The zero-order valence-electron chi connectivity index (χ0n) is 10.8. The third-order valence-electron chi connectivity index (χ3n) is 2.81. The minimum absolute atomic E-state index is 0.406. The minimum Gasteiger partial charge on any atom is -0.269 e. The van der Waals surface area contributed by atoms with Gasteiger partial charge in [-0.05, 0) is 38.7 Å². The average Bonchev–Trinajstić information content (AvgIpc) is 2.71. The maximum absolute atomic E-state index is 4.69. The molecule has 0 bridgehead atoms. The van der Waals surface area contributed by atoms with Crippen LogP contribution in [0.2, 0.25) is 0 Å². The second kappa shape index (κ2) is 4.96. The molecule has 1 heterocycles. The van der Waals surface area contributed by atoms with Crippen LogP contribution in [0, 0.1) is 6.92 Å². The van der Waals surface area contributed by atoms with Crippen molar-refractivity contribution in [2.75, 3.05) is 6.26 Å². The fourth-order valence-corrected chi connectivity index (χ4v) is 2.45. The zero-order chi connectivity index (χ0) is 12.4. The summed E-state index contributed by atoms with van der Waals surface area (Å²) in [6.45, 7) is 6.42. The Kier molecular flexibility index (Phi) is 3.57. The third-order valence-corrected chi connectivity index (χ3v) is 3.60. The molecule has 2 nitrogen and oxygen atoms in total. The Morgan fingerprint density at radius 3 is 2.53 bits per heavy atom. The summed E-state index contributed by atoms with van der Waals surface area (Å²) in [4.78, 5) is 1.28. The van der Waals surface area contributed by atoms with E-state index in [1.807, 2.05) is 4.68 Å². The summed E-state index contributed by atoms with van der Waals surface area (Å²) in [6.07, 6.45) is 4.23. The molecule has 17 heavy (non-hydrogen) atoms. The molecular formula is C14H18N2S. The highest BCUT2D eigenvalue weighted by molar-refractivity contribution is 7.98.